The van der Waals surface area contributed by atoms with Crippen LogP contribution in [0.4, 0.5) is 17.1 Å². The Kier molecular flexibility index (Phi) is 7.89. The van der Waals surface area contributed by atoms with Gasteiger partial charge in [0.1, 0.15) is 11.2 Å². The van der Waals surface area contributed by atoms with E-state index in [1.807, 2.05) is 0 Å². The molecule has 0 radical (unpaired) electrons. The number of nitrogens with zero attached hydrogens (tertiary/aromatic N) is 1. The maximum Gasteiger partial charge on any atom is 0.136 e. The Morgan fingerprint density at radius 3 is 1.72 bits per heavy atom. The zero-order valence-corrected chi connectivity index (χ0v) is 32.7. The first-order chi connectivity index (χ1) is 29.7. The molecule has 0 fully saturated rings. The standard InChI is InChI=1S/C58H37NO/c1-2-14-41-35-46(27-26-38(41)12-1)43-18-9-17-42(34-43)39-28-31-47(32-29-39)59(55-24-10-21-49-48-19-6-5-13-40(48)30-33-51(49)55)54-23-8-7-20-50(54)52-22-11-25-56-58(52)53-36-44-15-3-4-16-45(44)37-57(53)60-56/h1-37H. The summed E-state index contributed by atoms with van der Waals surface area (Å²) in [4.78, 5) is 2.44. The first kappa shape index (κ1) is 34.1. The van der Waals surface area contributed by atoms with Gasteiger partial charge in [0.25, 0.3) is 0 Å². The molecule has 0 aliphatic rings. The minimum Gasteiger partial charge on any atom is -0.456 e. The maximum atomic E-state index is 6.59. The lowest BCUT2D eigenvalue weighted by molar-refractivity contribution is 0.669. The Morgan fingerprint density at radius 2 is 0.867 bits per heavy atom. The molecule has 0 bridgehead atoms. The highest BCUT2D eigenvalue weighted by atomic mass is 16.3. The fourth-order valence-corrected chi connectivity index (χ4v) is 9.31. The van der Waals surface area contributed by atoms with E-state index in [1.165, 1.54) is 65.3 Å². The number of rotatable bonds is 6. The minimum absolute atomic E-state index is 0.881. The lowest BCUT2D eigenvalue weighted by Gasteiger charge is -2.29. The summed E-state index contributed by atoms with van der Waals surface area (Å²) in [6.45, 7) is 0. The third-order valence-electron chi connectivity index (χ3n) is 12.2. The highest BCUT2D eigenvalue weighted by molar-refractivity contribution is 6.18. The summed E-state index contributed by atoms with van der Waals surface area (Å²) in [5, 5.41) is 12.0. The molecule has 0 saturated carbocycles. The Morgan fingerprint density at radius 1 is 0.283 bits per heavy atom. The SMILES string of the molecule is c1cc(-c2ccc(N(c3ccccc3-c3cccc4oc5cc6ccccc6cc5c34)c3cccc4c3ccc3ccccc34)cc2)cc(-c2ccc3ccccc3c2)c1. The summed E-state index contributed by atoms with van der Waals surface area (Å²) in [7, 11) is 0. The fraction of sp³-hybridized carbons (Fsp3) is 0. The number of fused-ring (bicyclic) bond motifs is 8. The van der Waals surface area contributed by atoms with Crippen LogP contribution < -0.4 is 4.90 Å². The fourth-order valence-electron chi connectivity index (χ4n) is 9.31. The van der Waals surface area contributed by atoms with Crippen molar-refractivity contribution in [3.8, 4) is 33.4 Å². The van der Waals surface area contributed by atoms with E-state index in [4.69, 9.17) is 4.42 Å². The van der Waals surface area contributed by atoms with Crippen molar-refractivity contribution in [1.82, 2.24) is 0 Å². The molecule has 0 amide bonds. The van der Waals surface area contributed by atoms with E-state index < -0.39 is 0 Å². The smallest absolute Gasteiger partial charge is 0.136 e. The molecule has 1 heterocycles. The number of furan rings is 1. The molecule has 0 N–H and O–H groups in total. The monoisotopic (exact) mass is 763 g/mol. The highest BCUT2D eigenvalue weighted by Gasteiger charge is 2.22. The second-order valence-corrected chi connectivity index (χ2v) is 15.7. The van der Waals surface area contributed by atoms with Gasteiger partial charge in [-0.15, -0.1) is 0 Å². The summed E-state index contributed by atoms with van der Waals surface area (Å²) in [6, 6.07) is 81.4. The summed E-state index contributed by atoms with van der Waals surface area (Å²) in [6.07, 6.45) is 0. The van der Waals surface area contributed by atoms with Crippen LogP contribution in [-0.2, 0) is 0 Å². The predicted molar refractivity (Wildman–Crippen MR) is 255 cm³/mol. The van der Waals surface area contributed by atoms with Gasteiger partial charge in [0.2, 0.25) is 0 Å². The van der Waals surface area contributed by atoms with Crippen LogP contribution >= 0.6 is 0 Å². The van der Waals surface area contributed by atoms with Crippen molar-refractivity contribution in [2.75, 3.05) is 4.90 Å². The van der Waals surface area contributed by atoms with E-state index >= 15 is 0 Å². The van der Waals surface area contributed by atoms with E-state index in [9.17, 15) is 0 Å². The van der Waals surface area contributed by atoms with Crippen LogP contribution in [0.25, 0.3) is 98.4 Å². The molecular formula is C58H37NO. The third kappa shape index (κ3) is 5.65. The van der Waals surface area contributed by atoms with Gasteiger partial charge in [-0.25, -0.2) is 0 Å². The minimum atomic E-state index is 0.881. The van der Waals surface area contributed by atoms with E-state index in [1.54, 1.807) is 0 Å². The van der Waals surface area contributed by atoms with Gasteiger partial charge in [-0.3, -0.25) is 0 Å². The van der Waals surface area contributed by atoms with Crippen molar-refractivity contribution in [3.05, 3.63) is 224 Å². The van der Waals surface area contributed by atoms with Gasteiger partial charge in [-0.05, 0) is 120 Å². The van der Waals surface area contributed by atoms with Crippen molar-refractivity contribution in [1.29, 1.82) is 0 Å². The summed E-state index contributed by atoms with van der Waals surface area (Å²) in [5.74, 6) is 0. The first-order valence-electron chi connectivity index (χ1n) is 20.6. The molecule has 0 aliphatic heterocycles. The molecule has 11 aromatic carbocycles. The first-order valence-corrected chi connectivity index (χ1v) is 20.6. The van der Waals surface area contributed by atoms with Gasteiger partial charge in [0.05, 0.1) is 11.4 Å². The molecule has 280 valence electrons. The average Bonchev–Trinajstić information content (AvgIpc) is 3.69. The molecule has 1 aromatic heterocycles. The van der Waals surface area contributed by atoms with Crippen LogP contribution in [0.2, 0.25) is 0 Å². The molecule has 0 atom stereocenters. The number of hydrogen-bond donors (Lipinski definition) is 0. The summed E-state index contributed by atoms with van der Waals surface area (Å²) < 4.78 is 6.59. The molecule has 60 heavy (non-hydrogen) atoms. The zero-order chi connectivity index (χ0) is 39.6. The Hall–Kier alpha value is -7.94. The average molecular weight is 764 g/mol. The maximum absolute atomic E-state index is 6.59. The van der Waals surface area contributed by atoms with Crippen LogP contribution in [-0.4, -0.2) is 0 Å². The third-order valence-corrected chi connectivity index (χ3v) is 12.2. The van der Waals surface area contributed by atoms with Gasteiger partial charge >= 0.3 is 0 Å². The second kappa shape index (κ2) is 13.9. The van der Waals surface area contributed by atoms with Crippen LogP contribution in [0.3, 0.4) is 0 Å². The molecule has 12 aromatic rings. The topological polar surface area (TPSA) is 16.4 Å². The predicted octanol–water partition coefficient (Wildman–Crippen LogP) is 16.7. The van der Waals surface area contributed by atoms with E-state index in [0.29, 0.717) is 0 Å². The van der Waals surface area contributed by atoms with Gasteiger partial charge in [-0.2, -0.15) is 0 Å². The largest absolute Gasteiger partial charge is 0.456 e. The number of benzene rings is 11. The van der Waals surface area contributed by atoms with Crippen LogP contribution in [0.1, 0.15) is 0 Å². The number of anilines is 3. The molecule has 0 spiro atoms. The van der Waals surface area contributed by atoms with Crippen molar-refractivity contribution >= 4 is 82.1 Å². The summed E-state index contributed by atoms with van der Waals surface area (Å²) >= 11 is 0. The lowest BCUT2D eigenvalue weighted by atomic mass is 9.95. The quantitative estimate of drug-likeness (QED) is 0.157. The van der Waals surface area contributed by atoms with Gasteiger partial charge in [0, 0.05) is 27.4 Å². The molecular weight excluding hydrogens is 727 g/mol. The molecule has 2 nitrogen and oxygen atoms in total. The van der Waals surface area contributed by atoms with E-state index in [0.717, 1.165) is 50.1 Å². The number of hydrogen-bond acceptors (Lipinski definition) is 2. The van der Waals surface area contributed by atoms with Crippen LogP contribution in [0, 0.1) is 0 Å². The zero-order valence-electron chi connectivity index (χ0n) is 32.7. The lowest BCUT2D eigenvalue weighted by Crippen LogP contribution is -2.11. The van der Waals surface area contributed by atoms with Crippen LogP contribution in [0.5, 0.6) is 0 Å². The summed E-state index contributed by atoms with van der Waals surface area (Å²) in [5.41, 5.74) is 12.1. The van der Waals surface area contributed by atoms with Gasteiger partial charge in [-0.1, -0.05) is 170 Å². The molecule has 0 aliphatic carbocycles. The second-order valence-electron chi connectivity index (χ2n) is 15.7. The van der Waals surface area contributed by atoms with Crippen molar-refractivity contribution < 1.29 is 4.42 Å². The van der Waals surface area contributed by atoms with Crippen molar-refractivity contribution in [3.63, 3.8) is 0 Å². The Bertz CT molecular complexity index is 3610. The van der Waals surface area contributed by atoms with Crippen LogP contribution in [0.15, 0.2) is 229 Å². The molecule has 2 heteroatoms. The highest BCUT2D eigenvalue weighted by Crippen LogP contribution is 2.47. The molecule has 0 unspecified atom stereocenters. The van der Waals surface area contributed by atoms with E-state index in [2.05, 4.69) is 229 Å². The Balaban J connectivity index is 1.04. The van der Waals surface area contributed by atoms with Gasteiger partial charge < -0.3 is 9.32 Å². The number of para-hydroxylation sites is 1. The van der Waals surface area contributed by atoms with E-state index in [-0.39, 0.29) is 0 Å². The van der Waals surface area contributed by atoms with Gasteiger partial charge in [0.15, 0.2) is 0 Å². The molecule has 0 saturated heterocycles. The Labute approximate surface area is 347 Å². The van der Waals surface area contributed by atoms with Crippen molar-refractivity contribution in [2.24, 2.45) is 0 Å². The normalized spacial score (nSPS) is 11.7. The molecule has 12 rings (SSSR count). The van der Waals surface area contributed by atoms with Crippen molar-refractivity contribution in [2.45, 2.75) is 0 Å².